The first-order chi connectivity index (χ1) is 21.1. The van der Waals surface area contributed by atoms with Crippen LogP contribution in [0, 0.1) is 5.92 Å². The van der Waals surface area contributed by atoms with E-state index in [9.17, 15) is 0 Å². The second-order valence-corrected chi connectivity index (χ2v) is 13.1. The van der Waals surface area contributed by atoms with Crippen LogP contribution in [0.3, 0.4) is 0 Å². The van der Waals surface area contributed by atoms with Crippen molar-refractivity contribution >= 4 is 37.2 Å². The summed E-state index contributed by atoms with van der Waals surface area (Å²) in [6, 6.07) is 33.5. The number of anilines is 1. The molecule has 4 aromatic carbocycles. The third kappa shape index (κ3) is 3.88. The topological polar surface area (TPSA) is 21.3 Å². The molecule has 212 valence electrons. The Morgan fingerprint density at radius 3 is 2.33 bits per heavy atom. The van der Waals surface area contributed by atoms with E-state index in [1.54, 1.807) is 0 Å². The van der Waals surface area contributed by atoms with Gasteiger partial charge in [-0.05, 0) is 72.2 Å². The fourth-order valence-corrected chi connectivity index (χ4v) is 9.17. The molecule has 2 atom stereocenters. The summed E-state index contributed by atoms with van der Waals surface area (Å²) < 4.78 is 9.57. The normalized spacial score (nSPS) is 23.6. The lowest BCUT2D eigenvalue weighted by Crippen LogP contribution is -2.49. The van der Waals surface area contributed by atoms with Gasteiger partial charge in [-0.3, -0.25) is 0 Å². The Balaban J connectivity index is 1.48. The standard InChI is InChI=1S/C40H35NOS/c1-3-27-15-5-4-12-26-42-39(2)25-14-22-34(41-33-21-13-24-36-37(33)30-18-8-11-23-35(30)43-36)38(39)40(27)31-19-9-6-16-28(31)29-17-7-10-20-32(29)40/h4-24,27,41H,3,25-26H2,1-2H3/b12-4-,15-5-. The molecule has 0 radical (unpaired) electrons. The molecule has 8 rings (SSSR count). The van der Waals surface area contributed by atoms with Gasteiger partial charge >= 0.3 is 0 Å². The summed E-state index contributed by atoms with van der Waals surface area (Å²) >= 11 is 1.86. The average molecular weight is 578 g/mol. The molecule has 3 heteroatoms. The molecule has 5 aromatic rings. The van der Waals surface area contributed by atoms with Crippen molar-refractivity contribution < 1.29 is 4.74 Å². The Hall–Kier alpha value is -4.18. The lowest BCUT2D eigenvalue weighted by Gasteiger charge is -2.49. The number of benzene rings is 4. The van der Waals surface area contributed by atoms with Gasteiger partial charge in [-0.1, -0.05) is 110 Å². The van der Waals surface area contributed by atoms with Gasteiger partial charge in [0.05, 0.1) is 17.6 Å². The molecule has 1 aromatic heterocycles. The zero-order chi connectivity index (χ0) is 29.0. The molecule has 0 bridgehead atoms. The Bertz CT molecular complexity index is 1960. The summed E-state index contributed by atoms with van der Waals surface area (Å²) in [6.45, 7) is 5.20. The van der Waals surface area contributed by atoms with Crippen molar-refractivity contribution in [1.29, 1.82) is 0 Å². The quantitative estimate of drug-likeness (QED) is 0.230. The first-order valence-corrected chi connectivity index (χ1v) is 16.2. The first-order valence-electron chi connectivity index (χ1n) is 15.4. The third-order valence-electron chi connectivity index (χ3n) is 9.74. The predicted molar refractivity (Wildman–Crippen MR) is 183 cm³/mol. The van der Waals surface area contributed by atoms with Crippen LogP contribution < -0.4 is 5.32 Å². The van der Waals surface area contributed by atoms with Gasteiger partial charge in [0.2, 0.25) is 0 Å². The van der Waals surface area contributed by atoms with E-state index in [0.717, 1.165) is 24.2 Å². The summed E-state index contributed by atoms with van der Waals surface area (Å²) in [5.41, 5.74) is 8.07. The van der Waals surface area contributed by atoms with E-state index in [0.29, 0.717) is 6.61 Å². The van der Waals surface area contributed by atoms with Crippen LogP contribution in [0.5, 0.6) is 0 Å². The molecule has 0 saturated carbocycles. The molecular formula is C40H35NOS. The molecule has 2 heterocycles. The van der Waals surface area contributed by atoms with Crippen molar-refractivity contribution in [3.05, 3.63) is 150 Å². The third-order valence-corrected chi connectivity index (χ3v) is 10.9. The molecule has 0 saturated heterocycles. The van der Waals surface area contributed by atoms with E-state index < -0.39 is 11.0 Å². The molecule has 0 amide bonds. The lowest BCUT2D eigenvalue weighted by molar-refractivity contribution is 0.00358. The highest BCUT2D eigenvalue weighted by molar-refractivity contribution is 7.25. The number of nitrogens with one attached hydrogen (secondary N) is 1. The summed E-state index contributed by atoms with van der Waals surface area (Å²) in [5.74, 6) is 0.221. The maximum Gasteiger partial charge on any atom is 0.0937 e. The molecule has 1 aliphatic heterocycles. The number of thiophene rings is 1. The summed E-state index contributed by atoms with van der Waals surface area (Å²) in [7, 11) is 0. The van der Waals surface area contributed by atoms with Crippen molar-refractivity contribution in [2.75, 3.05) is 11.9 Å². The van der Waals surface area contributed by atoms with Crippen LogP contribution in [0.25, 0.3) is 31.3 Å². The number of rotatable bonds is 3. The van der Waals surface area contributed by atoms with Gasteiger partial charge in [0.25, 0.3) is 0 Å². The number of allylic oxidation sites excluding steroid dienone is 4. The van der Waals surface area contributed by atoms with E-state index in [2.05, 4.69) is 147 Å². The van der Waals surface area contributed by atoms with Gasteiger partial charge in [-0.2, -0.15) is 0 Å². The minimum absolute atomic E-state index is 0.221. The summed E-state index contributed by atoms with van der Waals surface area (Å²) in [6.07, 6.45) is 15.4. The second-order valence-electron chi connectivity index (χ2n) is 12.1. The van der Waals surface area contributed by atoms with E-state index >= 15 is 0 Å². The van der Waals surface area contributed by atoms with E-state index in [1.165, 1.54) is 48.0 Å². The zero-order valence-corrected chi connectivity index (χ0v) is 25.5. The molecule has 1 spiro atoms. The fraction of sp³-hybridized carbons (Fsp3) is 0.200. The highest BCUT2D eigenvalue weighted by atomic mass is 32.1. The van der Waals surface area contributed by atoms with Crippen LogP contribution in [-0.2, 0) is 10.2 Å². The van der Waals surface area contributed by atoms with Crippen LogP contribution in [0.4, 0.5) is 5.69 Å². The fourth-order valence-electron chi connectivity index (χ4n) is 8.03. The summed E-state index contributed by atoms with van der Waals surface area (Å²) in [4.78, 5) is 0. The molecular weight excluding hydrogens is 543 g/mol. The maximum absolute atomic E-state index is 6.96. The van der Waals surface area contributed by atoms with Crippen LogP contribution in [0.1, 0.15) is 37.8 Å². The van der Waals surface area contributed by atoms with Gasteiger partial charge in [-0.25, -0.2) is 0 Å². The number of fused-ring (bicyclic) bond motifs is 10. The lowest BCUT2D eigenvalue weighted by atomic mass is 9.57. The molecule has 3 aliphatic rings. The van der Waals surface area contributed by atoms with Gasteiger partial charge in [-0.15, -0.1) is 11.3 Å². The number of hydrogen-bond donors (Lipinski definition) is 1. The maximum atomic E-state index is 6.96. The average Bonchev–Trinajstić information content (AvgIpc) is 3.56. The second kappa shape index (κ2) is 10.2. The van der Waals surface area contributed by atoms with Gasteiger partial charge < -0.3 is 10.1 Å². The highest BCUT2D eigenvalue weighted by Gasteiger charge is 2.56. The van der Waals surface area contributed by atoms with Crippen molar-refractivity contribution in [3.8, 4) is 11.1 Å². The Morgan fingerprint density at radius 1 is 0.814 bits per heavy atom. The SMILES string of the molecule is CCC1/C=C\C=C/COC2(C)CC=CC(Nc3cccc4sc5ccccc5c34)=C2C12c1ccccc1-c1ccccc12. The predicted octanol–water partition coefficient (Wildman–Crippen LogP) is 10.6. The van der Waals surface area contributed by atoms with Crippen LogP contribution in [-0.4, -0.2) is 12.2 Å². The first kappa shape index (κ1) is 26.4. The molecule has 43 heavy (non-hydrogen) atoms. The molecule has 0 fully saturated rings. The van der Waals surface area contributed by atoms with E-state index in [1.807, 2.05) is 11.3 Å². The zero-order valence-electron chi connectivity index (χ0n) is 24.6. The largest absolute Gasteiger partial charge is 0.366 e. The molecule has 2 unspecified atom stereocenters. The highest BCUT2D eigenvalue weighted by Crippen LogP contribution is 2.62. The van der Waals surface area contributed by atoms with Crippen LogP contribution in [0.2, 0.25) is 0 Å². The molecule has 2 nitrogen and oxygen atoms in total. The van der Waals surface area contributed by atoms with Gasteiger partial charge in [0, 0.05) is 37.1 Å². The Labute approximate surface area is 257 Å². The Kier molecular flexibility index (Phi) is 6.29. The number of ether oxygens (including phenoxy) is 1. The van der Waals surface area contributed by atoms with Crippen molar-refractivity contribution in [3.63, 3.8) is 0 Å². The molecule has 1 N–H and O–H groups in total. The monoisotopic (exact) mass is 577 g/mol. The van der Waals surface area contributed by atoms with E-state index in [4.69, 9.17) is 4.74 Å². The van der Waals surface area contributed by atoms with Crippen molar-refractivity contribution in [2.45, 2.75) is 37.7 Å². The minimum atomic E-state index is -0.519. The Morgan fingerprint density at radius 2 is 1.53 bits per heavy atom. The van der Waals surface area contributed by atoms with Gasteiger partial charge in [0.1, 0.15) is 0 Å². The number of hydrogen-bond acceptors (Lipinski definition) is 3. The van der Waals surface area contributed by atoms with Crippen LogP contribution in [0.15, 0.2) is 139 Å². The van der Waals surface area contributed by atoms with Gasteiger partial charge in [0.15, 0.2) is 0 Å². The minimum Gasteiger partial charge on any atom is -0.366 e. The van der Waals surface area contributed by atoms with Crippen LogP contribution >= 0.6 is 11.3 Å². The smallest absolute Gasteiger partial charge is 0.0937 e. The summed E-state index contributed by atoms with van der Waals surface area (Å²) in [5, 5.41) is 6.63. The van der Waals surface area contributed by atoms with Crippen molar-refractivity contribution in [1.82, 2.24) is 0 Å². The van der Waals surface area contributed by atoms with Crippen molar-refractivity contribution in [2.24, 2.45) is 5.92 Å². The molecule has 2 aliphatic carbocycles. The van der Waals surface area contributed by atoms with E-state index in [-0.39, 0.29) is 5.92 Å².